The molecule has 7 nitrogen and oxygen atoms in total. The van der Waals surface area contributed by atoms with E-state index in [-0.39, 0.29) is 17.6 Å². The third-order valence-electron chi connectivity index (χ3n) is 4.50. The van der Waals surface area contributed by atoms with E-state index >= 15 is 0 Å². The first kappa shape index (κ1) is 19.4. The molecule has 0 fully saturated rings. The average Bonchev–Trinajstić information content (AvgIpc) is 2.63. The van der Waals surface area contributed by atoms with Gasteiger partial charge in [0.1, 0.15) is 5.82 Å². The lowest BCUT2D eigenvalue weighted by atomic mass is 9.96. The van der Waals surface area contributed by atoms with Gasteiger partial charge in [0, 0.05) is 61.5 Å². The molecule has 3 rings (SSSR count). The van der Waals surface area contributed by atoms with Crippen molar-refractivity contribution in [2.24, 2.45) is 19.8 Å². The fourth-order valence-electron chi connectivity index (χ4n) is 3.17. The number of anilines is 1. The van der Waals surface area contributed by atoms with E-state index in [1.54, 1.807) is 30.1 Å². The number of hydrogen-bond acceptors (Lipinski definition) is 5. The lowest BCUT2D eigenvalue weighted by Gasteiger charge is -2.22. The Labute approximate surface area is 165 Å². The highest BCUT2D eigenvalue weighted by molar-refractivity contribution is 6.36. The highest BCUT2D eigenvalue weighted by Gasteiger charge is 2.23. The molecule has 0 bridgehead atoms. The van der Waals surface area contributed by atoms with Crippen LogP contribution >= 0.6 is 23.2 Å². The number of fused-ring (bicyclic) bond motifs is 1. The van der Waals surface area contributed by atoms with Gasteiger partial charge in [-0.25, -0.2) is 9.78 Å². The maximum Gasteiger partial charge on any atom is 0.332 e. The van der Waals surface area contributed by atoms with Gasteiger partial charge in [-0.15, -0.1) is 0 Å². The van der Waals surface area contributed by atoms with E-state index in [1.807, 2.05) is 14.1 Å². The zero-order valence-corrected chi connectivity index (χ0v) is 16.9. The van der Waals surface area contributed by atoms with Crippen LogP contribution < -0.4 is 21.9 Å². The number of aryl methyl sites for hydroxylation is 1. The molecule has 2 aromatic heterocycles. The molecule has 142 valence electrons. The number of nitrogens with zero attached hydrogens (tertiary/aromatic N) is 4. The SMILES string of the molecule is CN(C)c1nc2c(c(-c3ccc(Cl)cc3Cl)c1CN)c(=O)n(C)c(=O)n2C. The van der Waals surface area contributed by atoms with Crippen LogP contribution in [0.3, 0.4) is 0 Å². The summed E-state index contributed by atoms with van der Waals surface area (Å²) in [5, 5.41) is 1.14. The van der Waals surface area contributed by atoms with Gasteiger partial charge >= 0.3 is 5.69 Å². The Morgan fingerprint density at radius 2 is 1.81 bits per heavy atom. The molecule has 2 heterocycles. The summed E-state index contributed by atoms with van der Waals surface area (Å²) in [5.41, 5.74) is 7.22. The number of halogens is 2. The molecule has 0 saturated heterocycles. The van der Waals surface area contributed by atoms with Gasteiger partial charge in [0.05, 0.1) is 5.39 Å². The van der Waals surface area contributed by atoms with Crippen molar-refractivity contribution in [2.75, 3.05) is 19.0 Å². The van der Waals surface area contributed by atoms with Gasteiger partial charge in [0.15, 0.2) is 5.65 Å². The predicted octanol–water partition coefficient (Wildman–Crippen LogP) is 2.13. The third-order valence-corrected chi connectivity index (χ3v) is 5.04. The van der Waals surface area contributed by atoms with Crippen LogP contribution in [-0.2, 0) is 20.6 Å². The summed E-state index contributed by atoms with van der Waals surface area (Å²) in [5.74, 6) is 0.564. The van der Waals surface area contributed by atoms with E-state index in [2.05, 4.69) is 4.98 Å². The molecule has 27 heavy (non-hydrogen) atoms. The lowest BCUT2D eigenvalue weighted by Crippen LogP contribution is -2.38. The molecule has 0 unspecified atom stereocenters. The second kappa shape index (κ2) is 6.99. The standard InChI is InChI=1S/C18H19Cl2N5O2/c1-23(2)15-11(8-21)13(10-6-5-9(19)7-12(10)20)14-16(22-15)24(3)18(27)25(4)17(14)26/h5-7H,8,21H2,1-4H3. The molecular formula is C18H19Cl2N5O2. The molecule has 0 saturated carbocycles. The molecule has 0 aliphatic carbocycles. The van der Waals surface area contributed by atoms with Crippen LogP contribution in [0.25, 0.3) is 22.2 Å². The minimum Gasteiger partial charge on any atom is -0.362 e. The maximum absolute atomic E-state index is 13.0. The summed E-state index contributed by atoms with van der Waals surface area (Å²) in [6, 6.07) is 5.03. The smallest absolute Gasteiger partial charge is 0.332 e. The molecule has 2 N–H and O–H groups in total. The van der Waals surface area contributed by atoms with Crippen molar-refractivity contribution in [1.29, 1.82) is 0 Å². The van der Waals surface area contributed by atoms with Crippen molar-refractivity contribution in [2.45, 2.75) is 6.54 Å². The van der Waals surface area contributed by atoms with Gasteiger partial charge < -0.3 is 10.6 Å². The number of nitrogens with two attached hydrogens (primary N) is 1. The Bertz CT molecular complexity index is 1180. The van der Waals surface area contributed by atoms with Gasteiger partial charge in [-0.05, 0) is 12.1 Å². The quantitative estimate of drug-likeness (QED) is 0.718. The monoisotopic (exact) mass is 407 g/mol. The Balaban J connectivity index is 2.68. The van der Waals surface area contributed by atoms with E-state index in [4.69, 9.17) is 28.9 Å². The van der Waals surface area contributed by atoms with E-state index in [9.17, 15) is 9.59 Å². The second-order valence-corrected chi connectivity index (χ2v) is 7.26. The molecule has 0 amide bonds. The molecule has 0 aliphatic heterocycles. The van der Waals surface area contributed by atoms with E-state index in [1.165, 1.54) is 11.6 Å². The van der Waals surface area contributed by atoms with Crippen LogP contribution in [-0.4, -0.2) is 28.2 Å². The topological polar surface area (TPSA) is 86.2 Å². The van der Waals surface area contributed by atoms with Gasteiger partial charge in [-0.1, -0.05) is 29.3 Å². The molecule has 0 radical (unpaired) electrons. The van der Waals surface area contributed by atoms with Crippen LogP contribution in [0.4, 0.5) is 5.82 Å². The number of benzene rings is 1. The fraction of sp³-hybridized carbons (Fsp3) is 0.278. The van der Waals surface area contributed by atoms with E-state index < -0.39 is 11.2 Å². The van der Waals surface area contributed by atoms with Gasteiger partial charge in [-0.3, -0.25) is 13.9 Å². The molecule has 0 aliphatic rings. The number of pyridine rings is 1. The van der Waals surface area contributed by atoms with Crippen molar-refractivity contribution in [1.82, 2.24) is 14.1 Å². The minimum atomic E-state index is -0.460. The summed E-state index contributed by atoms with van der Waals surface area (Å²) in [6.07, 6.45) is 0. The molecule has 0 atom stereocenters. The minimum absolute atomic E-state index is 0.136. The van der Waals surface area contributed by atoms with Crippen LogP contribution in [0, 0.1) is 0 Å². The molecule has 0 spiro atoms. The number of rotatable bonds is 3. The Hall–Kier alpha value is -2.35. The van der Waals surface area contributed by atoms with E-state index in [0.29, 0.717) is 32.6 Å². The largest absolute Gasteiger partial charge is 0.362 e. The lowest BCUT2D eigenvalue weighted by molar-refractivity contribution is 0.707. The van der Waals surface area contributed by atoms with Crippen molar-refractivity contribution >= 4 is 40.1 Å². The molecule has 9 heteroatoms. The molecule has 3 aromatic rings. The van der Waals surface area contributed by atoms with Gasteiger partial charge in [0.25, 0.3) is 5.56 Å². The predicted molar refractivity (Wildman–Crippen MR) is 110 cm³/mol. The highest BCUT2D eigenvalue weighted by Crippen LogP contribution is 2.38. The summed E-state index contributed by atoms with van der Waals surface area (Å²) < 4.78 is 2.39. The van der Waals surface area contributed by atoms with Crippen LogP contribution in [0.1, 0.15) is 5.56 Å². The highest BCUT2D eigenvalue weighted by atomic mass is 35.5. The van der Waals surface area contributed by atoms with Crippen LogP contribution in [0.5, 0.6) is 0 Å². The fourth-order valence-corrected chi connectivity index (χ4v) is 3.67. The van der Waals surface area contributed by atoms with Crippen molar-refractivity contribution in [3.05, 3.63) is 54.6 Å². The van der Waals surface area contributed by atoms with Gasteiger partial charge in [0.2, 0.25) is 0 Å². The van der Waals surface area contributed by atoms with Crippen molar-refractivity contribution in [3.8, 4) is 11.1 Å². The molecular weight excluding hydrogens is 389 g/mol. The summed E-state index contributed by atoms with van der Waals surface area (Å²) in [4.78, 5) is 31.8. The summed E-state index contributed by atoms with van der Waals surface area (Å²) in [6.45, 7) is 0.136. The zero-order valence-electron chi connectivity index (χ0n) is 15.4. The Morgan fingerprint density at radius 1 is 1.15 bits per heavy atom. The third kappa shape index (κ3) is 3.01. The Morgan fingerprint density at radius 3 is 2.37 bits per heavy atom. The van der Waals surface area contributed by atoms with Crippen molar-refractivity contribution in [3.63, 3.8) is 0 Å². The first-order chi connectivity index (χ1) is 12.7. The van der Waals surface area contributed by atoms with E-state index in [0.717, 1.165) is 4.57 Å². The average molecular weight is 408 g/mol. The second-order valence-electron chi connectivity index (χ2n) is 6.42. The number of hydrogen-bond donors (Lipinski definition) is 1. The molecule has 1 aromatic carbocycles. The Kier molecular flexibility index (Phi) is 5.03. The maximum atomic E-state index is 13.0. The van der Waals surface area contributed by atoms with Crippen molar-refractivity contribution < 1.29 is 0 Å². The first-order valence-corrected chi connectivity index (χ1v) is 8.90. The zero-order chi connectivity index (χ0) is 20.0. The first-order valence-electron chi connectivity index (χ1n) is 8.14. The summed E-state index contributed by atoms with van der Waals surface area (Å²) >= 11 is 12.5. The normalized spacial score (nSPS) is 11.2. The van der Waals surface area contributed by atoms with Crippen LogP contribution in [0.15, 0.2) is 27.8 Å². The summed E-state index contributed by atoms with van der Waals surface area (Å²) in [7, 11) is 6.64. The number of aromatic nitrogens is 3. The van der Waals surface area contributed by atoms with Gasteiger partial charge in [-0.2, -0.15) is 0 Å². The van der Waals surface area contributed by atoms with Crippen LogP contribution in [0.2, 0.25) is 10.0 Å².